The quantitative estimate of drug-likeness (QED) is 0.554. The number of anilines is 2. The van der Waals surface area contributed by atoms with Gasteiger partial charge >= 0.3 is 0 Å². The number of amides is 1. The van der Waals surface area contributed by atoms with Crippen molar-refractivity contribution in [2.75, 3.05) is 16.4 Å². The van der Waals surface area contributed by atoms with Crippen LogP contribution in [0.25, 0.3) is 0 Å². The fourth-order valence-corrected chi connectivity index (χ4v) is 3.80. The van der Waals surface area contributed by atoms with E-state index in [-0.39, 0.29) is 23.5 Å². The molecule has 3 aromatic rings. The third-order valence-corrected chi connectivity index (χ3v) is 5.53. The average Bonchev–Trinajstić information content (AvgIpc) is 3.29. The molecule has 0 unspecified atom stereocenters. The van der Waals surface area contributed by atoms with Gasteiger partial charge in [-0.15, -0.1) is 10.2 Å². The first-order valence-corrected chi connectivity index (χ1v) is 10.1. The largest absolute Gasteiger partial charge is 0.356 e. The number of nitrogens with one attached hydrogen (secondary N) is 2. The number of rotatable bonds is 8. The fraction of sp³-hybridized carbons (Fsp3) is 0.294. The molecule has 2 aromatic heterocycles. The van der Waals surface area contributed by atoms with Crippen molar-refractivity contribution >= 4 is 40.0 Å². The van der Waals surface area contributed by atoms with Gasteiger partial charge in [-0.2, -0.15) is 5.10 Å². The Morgan fingerprint density at radius 3 is 2.78 bits per heavy atom. The number of hydrogen-bond acceptors (Lipinski definition) is 7. The Morgan fingerprint density at radius 1 is 1.26 bits per heavy atom. The third kappa shape index (κ3) is 5.51. The normalized spacial score (nSPS) is 11.0. The van der Waals surface area contributed by atoms with E-state index in [1.165, 1.54) is 35.2 Å². The minimum atomic E-state index is -0.261. The van der Waals surface area contributed by atoms with Crippen molar-refractivity contribution in [3.63, 3.8) is 0 Å². The van der Waals surface area contributed by atoms with Crippen molar-refractivity contribution in [1.82, 2.24) is 20.0 Å². The molecule has 0 fully saturated rings. The molecule has 0 radical (unpaired) electrons. The molecule has 0 aliphatic heterocycles. The fourth-order valence-electron chi connectivity index (χ4n) is 2.25. The molecule has 0 saturated heterocycles. The maximum atomic E-state index is 12.9. The minimum absolute atomic E-state index is 0.126. The zero-order valence-corrected chi connectivity index (χ0v) is 16.5. The van der Waals surface area contributed by atoms with Gasteiger partial charge in [-0.05, 0) is 31.5 Å². The van der Waals surface area contributed by atoms with E-state index in [1.807, 2.05) is 13.8 Å². The van der Waals surface area contributed by atoms with Gasteiger partial charge in [-0.25, -0.2) is 9.07 Å². The van der Waals surface area contributed by atoms with Crippen LogP contribution in [-0.2, 0) is 11.3 Å². The Bertz CT molecular complexity index is 893. The van der Waals surface area contributed by atoms with Crippen LogP contribution in [0.2, 0.25) is 0 Å². The Morgan fingerprint density at radius 2 is 2.04 bits per heavy atom. The average molecular weight is 407 g/mol. The summed E-state index contributed by atoms with van der Waals surface area (Å²) < 4.78 is 15.4. The van der Waals surface area contributed by atoms with Gasteiger partial charge in [0.05, 0.1) is 11.9 Å². The summed E-state index contributed by atoms with van der Waals surface area (Å²) in [5.41, 5.74) is 0.946. The Balaban J connectivity index is 1.46. The lowest BCUT2D eigenvalue weighted by Gasteiger charge is -2.11. The Hall–Kier alpha value is -2.46. The standard InChI is InChI=1S/C17H19FN6OS2/c1-11(2)24-14(7-8-20-24)21-15(25)10-26-17-23-22-16(27-17)19-9-12-3-5-13(18)6-4-12/h3-8,11H,9-10H2,1-2H3,(H,19,22)(H,21,25). The topological polar surface area (TPSA) is 84.7 Å². The van der Waals surface area contributed by atoms with Crippen LogP contribution in [0.5, 0.6) is 0 Å². The van der Waals surface area contributed by atoms with Crippen molar-refractivity contribution in [2.45, 2.75) is 30.8 Å². The van der Waals surface area contributed by atoms with Crippen LogP contribution in [0.1, 0.15) is 25.5 Å². The summed E-state index contributed by atoms with van der Waals surface area (Å²) in [6.07, 6.45) is 1.66. The first-order valence-electron chi connectivity index (χ1n) is 8.29. The summed E-state index contributed by atoms with van der Waals surface area (Å²) in [5, 5.41) is 19.0. The van der Waals surface area contributed by atoms with Gasteiger partial charge in [0.1, 0.15) is 11.6 Å². The van der Waals surface area contributed by atoms with E-state index in [4.69, 9.17) is 0 Å². The highest BCUT2D eigenvalue weighted by Crippen LogP contribution is 2.26. The van der Waals surface area contributed by atoms with Crippen molar-refractivity contribution < 1.29 is 9.18 Å². The van der Waals surface area contributed by atoms with Crippen molar-refractivity contribution in [3.05, 3.63) is 47.9 Å². The lowest BCUT2D eigenvalue weighted by molar-refractivity contribution is -0.113. The first-order chi connectivity index (χ1) is 13.0. The van der Waals surface area contributed by atoms with Crippen LogP contribution in [-0.4, -0.2) is 31.6 Å². The second kappa shape index (κ2) is 8.96. The zero-order valence-electron chi connectivity index (χ0n) is 14.8. The van der Waals surface area contributed by atoms with Crippen molar-refractivity contribution in [1.29, 1.82) is 0 Å². The maximum Gasteiger partial charge on any atom is 0.235 e. The lowest BCUT2D eigenvalue weighted by Crippen LogP contribution is -2.18. The van der Waals surface area contributed by atoms with Crippen LogP contribution < -0.4 is 10.6 Å². The van der Waals surface area contributed by atoms with E-state index in [0.29, 0.717) is 21.8 Å². The van der Waals surface area contributed by atoms with E-state index >= 15 is 0 Å². The summed E-state index contributed by atoms with van der Waals surface area (Å²) in [5.74, 6) is 0.520. The molecule has 1 amide bonds. The van der Waals surface area contributed by atoms with E-state index in [9.17, 15) is 9.18 Å². The van der Waals surface area contributed by atoms with E-state index in [2.05, 4.69) is 25.9 Å². The molecule has 10 heteroatoms. The molecule has 1 aromatic carbocycles. The molecular weight excluding hydrogens is 387 g/mol. The number of benzene rings is 1. The predicted molar refractivity (Wildman–Crippen MR) is 106 cm³/mol. The van der Waals surface area contributed by atoms with E-state index < -0.39 is 0 Å². The van der Waals surface area contributed by atoms with Gasteiger partial charge in [0.15, 0.2) is 4.34 Å². The van der Waals surface area contributed by atoms with Crippen LogP contribution in [0.4, 0.5) is 15.3 Å². The minimum Gasteiger partial charge on any atom is -0.356 e. The molecule has 0 spiro atoms. The summed E-state index contributed by atoms with van der Waals surface area (Å²) >= 11 is 2.69. The highest BCUT2D eigenvalue weighted by Gasteiger charge is 2.12. The molecule has 142 valence electrons. The van der Waals surface area contributed by atoms with Gasteiger partial charge in [0.25, 0.3) is 0 Å². The molecule has 0 bridgehead atoms. The molecule has 2 N–H and O–H groups in total. The summed E-state index contributed by atoms with van der Waals surface area (Å²) in [6, 6.07) is 8.20. The monoisotopic (exact) mass is 406 g/mol. The van der Waals surface area contributed by atoms with Crippen LogP contribution in [0.15, 0.2) is 40.9 Å². The maximum absolute atomic E-state index is 12.9. The van der Waals surface area contributed by atoms with Gasteiger partial charge in [-0.1, -0.05) is 35.2 Å². The number of carbonyl (C=O) groups is 1. The lowest BCUT2D eigenvalue weighted by atomic mass is 10.2. The number of aromatic nitrogens is 4. The molecule has 3 rings (SSSR count). The van der Waals surface area contributed by atoms with Gasteiger partial charge in [0.2, 0.25) is 11.0 Å². The van der Waals surface area contributed by atoms with E-state index in [0.717, 1.165) is 5.56 Å². The third-order valence-electron chi connectivity index (χ3n) is 3.52. The molecule has 0 atom stereocenters. The first kappa shape index (κ1) is 19.3. The van der Waals surface area contributed by atoms with Gasteiger partial charge in [0, 0.05) is 18.7 Å². The number of nitrogens with zero attached hydrogens (tertiary/aromatic N) is 4. The van der Waals surface area contributed by atoms with Gasteiger partial charge < -0.3 is 10.6 Å². The van der Waals surface area contributed by atoms with Crippen LogP contribution in [0.3, 0.4) is 0 Å². The second-order valence-corrected chi connectivity index (χ2v) is 8.14. The molecule has 27 heavy (non-hydrogen) atoms. The highest BCUT2D eigenvalue weighted by atomic mass is 32.2. The Kier molecular flexibility index (Phi) is 6.40. The molecular formula is C17H19FN6OS2. The second-order valence-electron chi connectivity index (χ2n) is 5.94. The molecule has 0 aliphatic carbocycles. The van der Waals surface area contributed by atoms with Crippen molar-refractivity contribution in [2.24, 2.45) is 0 Å². The molecule has 2 heterocycles. The molecule has 7 nitrogen and oxygen atoms in total. The molecule has 0 aliphatic rings. The zero-order chi connectivity index (χ0) is 19.2. The molecule has 0 saturated carbocycles. The predicted octanol–water partition coefficient (Wildman–Crippen LogP) is 3.80. The van der Waals surface area contributed by atoms with Crippen LogP contribution >= 0.6 is 23.1 Å². The van der Waals surface area contributed by atoms with E-state index in [1.54, 1.807) is 29.1 Å². The number of halogens is 1. The SMILES string of the molecule is CC(C)n1nccc1NC(=O)CSc1nnc(NCc2ccc(F)cc2)s1. The summed E-state index contributed by atoms with van der Waals surface area (Å²) in [6.45, 7) is 4.53. The van der Waals surface area contributed by atoms with Crippen molar-refractivity contribution in [3.8, 4) is 0 Å². The summed E-state index contributed by atoms with van der Waals surface area (Å²) in [4.78, 5) is 12.1. The van der Waals surface area contributed by atoms with Crippen LogP contribution in [0, 0.1) is 5.82 Å². The summed E-state index contributed by atoms with van der Waals surface area (Å²) in [7, 11) is 0. The number of hydrogen-bond donors (Lipinski definition) is 2. The number of carbonyl (C=O) groups excluding carboxylic acids is 1. The van der Waals surface area contributed by atoms with Gasteiger partial charge in [-0.3, -0.25) is 4.79 Å². The Labute approximate surface area is 164 Å². The smallest absolute Gasteiger partial charge is 0.235 e. The highest BCUT2D eigenvalue weighted by molar-refractivity contribution is 8.01. The number of thioether (sulfide) groups is 1.